The van der Waals surface area contributed by atoms with Gasteiger partial charge in [-0.3, -0.25) is 14.5 Å². The molecule has 2 aromatic rings. The average molecular weight is 617 g/mol. The largest absolute Gasteiger partial charge is 0.543 e. The van der Waals surface area contributed by atoms with Gasteiger partial charge in [-0.05, 0) is 23.8 Å². The van der Waals surface area contributed by atoms with Crippen molar-refractivity contribution < 1.29 is 24.1 Å². The number of carboxylic acids is 1. The molecule has 0 unspecified atom stereocenters. The number of rotatable bonds is 10. The summed E-state index contributed by atoms with van der Waals surface area (Å²) >= 11 is 22.2. The maximum absolute atomic E-state index is 12.9. The maximum Gasteiger partial charge on any atom is 0.253 e. The van der Waals surface area contributed by atoms with Crippen LogP contribution < -0.4 is 15.0 Å². The standard InChI is InChI=1S/C24H20Cl3N3O4S3/c1-2-5-29-6-3-14(4-7-29)35-10-13-11-37-23-20(22(32)30(23)21(13)24(33)34)28-19(31)12-36-18-9-16(26)15(25)8-17(18)27/h2-4,6-9,20,23H,1,5,10-12H2,(H-,28,31,33,34)/t20-,23-/m1/s1. The number of thioether (sulfide) groups is 3. The molecule has 13 heteroatoms. The van der Waals surface area contributed by atoms with Gasteiger partial charge in [-0.15, -0.1) is 35.3 Å². The number of carbonyl (C=O) groups is 3. The lowest BCUT2D eigenvalue weighted by molar-refractivity contribution is -0.687. The number of benzene rings is 1. The van der Waals surface area contributed by atoms with Crippen molar-refractivity contribution >= 4 is 87.9 Å². The number of nitrogens with zero attached hydrogens (tertiary/aromatic N) is 2. The Hall–Kier alpha value is -1.82. The number of aliphatic carboxylic acids is 1. The van der Waals surface area contributed by atoms with Crippen molar-refractivity contribution in [3.05, 3.63) is 75.7 Å². The first-order valence-corrected chi connectivity index (χ1v) is 15.0. The number of hydrogen-bond acceptors (Lipinski definition) is 7. The first kappa shape index (κ1) is 28.2. The first-order valence-electron chi connectivity index (χ1n) is 10.9. The van der Waals surface area contributed by atoms with Crippen LogP contribution in [0.3, 0.4) is 0 Å². The van der Waals surface area contributed by atoms with E-state index in [4.69, 9.17) is 34.8 Å². The fourth-order valence-corrected chi connectivity index (χ4v) is 7.65. The molecule has 1 saturated heterocycles. The highest BCUT2D eigenvalue weighted by atomic mass is 35.5. The Morgan fingerprint density at radius 2 is 1.89 bits per heavy atom. The zero-order chi connectivity index (χ0) is 26.7. The molecule has 0 spiro atoms. The van der Waals surface area contributed by atoms with E-state index in [0.29, 0.717) is 43.6 Å². The summed E-state index contributed by atoms with van der Waals surface area (Å²) in [6.45, 7) is 4.41. The molecule has 2 aliphatic heterocycles. The van der Waals surface area contributed by atoms with Crippen LogP contribution in [0.5, 0.6) is 0 Å². The molecule has 2 aliphatic rings. The van der Waals surface area contributed by atoms with Gasteiger partial charge in [0, 0.05) is 33.4 Å². The molecule has 2 amide bonds. The number of carboxylic acid groups (broad SMARTS) is 1. The summed E-state index contributed by atoms with van der Waals surface area (Å²) in [5.74, 6) is -1.46. The Kier molecular flexibility index (Phi) is 9.42. The van der Waals surface area contributed by atoms with Gasteiger partial charge in [0.2, 0.25) is 5.91 Å². The van der Waals surface area contributed by atoms with Crippen molar-refractivity contribution in [1.29, 1.82) is 0 Å². The van der Waals surface area contributed by atoms with Crippen LogP contribution >= 0.6 is 70.1 Å². The number of nitrogens with one attached hydrogen (secondary N) is 1. The number of β-lactam (4-membered cyclic amide) rings is 1. The maximum atomic E-state index is 12.9. The number of fused-ring (bicyclic) bond motifs is 1. The number of carbonyl (C=O) groups excluding carboxylic acids is 3. The van der Waals surface area contributed by atoms with E-state index < -0.39 is 23.3 Å². The first-order chi connectivity index (χ1) is 17.7. The Balaban J connectivity index is 1.37. The third-order valence-electron chi connectivity index (χ3n) is 5.50. The monoisotopic (exact) mass is 615 g/mol. The van der Waals surface area contributed by atoms with E-state index >= 15 is 0 Å². The SMILES string of the molecule is C=CC[n+]1ccc(SCC2=C(C(=O)[O-])N3C(=O)[C@@H](NC(=O)CSc4cc(Cl)c(Cl)cc4Cl)[C@H]3SC2)cc1. The Morgan fingerprint density at radius 1 is 1.19 bits per heavy atom. The van der Waals surface area contributed by atoms with E-state index in [2.05, 4.69) is 11.9 Å². The van der Waals surface area contributed by atoms with Crippen LogP contribution in [0.15, 0.2) is 70.4 Å². The molecular formula is C24H20Cl3N3O4S3. The van der Waals surface area contributed by atoms with Crippen LogP contribution in [0.4, 0.5) is 0 Å². The third-order valence-corrected chi connectivity index (χ3v) is 10.1. The number of pyridine rings is 1. The van der Waals surface area contributed by atoms with Crippen molar-refractivity contribution in [2.75, 3.05) is 17.3 Å². The molecule has 1 fully saturated rings. The Bertz CT molecular complexity index is 1290. The molecule has 4 rings (SSSR count). The summed E-state index contributed by atoms with van der Waals surface area (Å²) in [4.78, 5) is 40.2. The minimum atomic E-state index is -1.40. The van der Waals surface area contributed by atoms with E-state index in [-0.39, 0.29) is 17.4 Å². The molecule has 1 aromatic heterocycles. The van der Waals surface area contributed by atoms with Crippen molar-refractivity contribution in [3.63, 3.8) is 0 Å². The van der Waals surface area contributed by atoms with Gasteiger partial charge in [0.1, 0.15) is 11.4 Å². The number of hydrogen-bond donors (Lipinski definition) is 1. The average Bonchev–Trinajstić information content (AvgIpc) is 2.87. The smallest absolute Gasteiger partial charge is 0.253 e. The van der Waals surface area contributed by atoms with Crippen LogP contribution in [-0.4, -0.2) is 51.4 Å². The van der Waals surface area contributed by atoms with Crippen LogP contribution in [-0.2, 0) is 20.9 Å². The highest BCUT2D eigenvalue weighted by Gasteiger charge is 2.52. The van der Waals surface area contributed by atoms with E-state index in [1.807, 2.05) is 29.1 Å². The second-order valence-electron chi connectivity index (χ2n) is 7.99. The fraction of sp³-hybridized carbons (Fsp3) is 0.250. The zero-order valence-electron chi connectivity index (χ0n) is 19.1. The van der Waals surface area contributed by atoms with E-state index in [1.54, 1.807) is 12.1 Å². The predicted molar refractivity (Wildman–Crippen MR) is 147 cm³/mol. The summed E-state index contributed by atoms with van der Waals surface area (Å²) < 4.78 is 1.97. The minimum Gasteiger partial charge on any atom is -0.543 e. The lowest BCUT2D eigenvalue weighted by Crippen LogP contribution is -2.71. The van der Waals surface area contributed by atoms with Gasteiger partial charge in [-0.1, -0.05) is 41.4 Å². The fourth-order valence-electron chi connectivity index (χ4n) is 3.74. The molecule has 0 radical (unpaired) electrons. The van der Waals surface area contributed by atoms with Crippen molar-refractivity contribution in [2.24, 2.45) is 0 Å². The van der Waals surface area contributed by atoms with Gasteiger partial charge < -0.3 is 15.2 Å². The minimum absolute atomic E-state index is 0.00616. The predicted octanol–water partition coefficient (Wildman–Crippen LogP) is 3.41. The Labute approximate surface area is 241 Å². The second-order valence-corrected chi connectivity index (χ2v) is 12.4. The molecular weight excluding hydrogens is 597 g/mol. The molecule has 194 valence electrons. The normalized spacial score (nSPS) is 18.8. The molecule has 0 bridgehead atoms. The van der Waals surface area contributed by atoms with Gasteiger partial charge in [0.15, 0.2) is 18.9 Å². The lowest BCUT2D eigenvalue weighted by Gasteiger charge is -2.50. The summed E-state index contributed by atoms with van der Waals surface area (Å²) in [6.07, 6.45) is 5.64. The second kappa shape index (κ2) is 12.4. The van der Waals surface area contributed by atoms with Gasteiger partial charge in [0.05, 0.1) is 32.5 Å². The van der Waals surface area contributed by atoms with E-state index in [1.165, 1.54) is 34.5 Å². The van der Waals surface area contributed by atoms with Gasteiger partial charge in [-0.2, -0.15) is 0 Å². The molecule has 1 N–H and O–H groups in total. The third kappa shape index (κ3) is 6.43. The van der Waals surface area contributed by atoms with Gasteiger partial charge in [0.25, 0.3) is 5.91 Å². The number of allylic oxidation sites excluding steroid dienone is 1. The molecule has 0 aliphatic carbocycles. The molecule has 1 aromatic carbocycles. The van der Waals surface area contributed by atoms with Crippen LogP contribution in [0.25, 0.3) is 0 Å². The lowest BCUT2D eigenvalue weighted by atomic mass is 10.0. The van der Waals surface area contributed by atoms with Crippen LogP contribution in [0.2, 0.25) is 15.1 Å². The highest BCUT2D eigenvalue weighted by molar-refractivity contribution is 8.01. The quantitative estimate of drug-likeness (QED) is 0.144. The number of halogens is 3. The van der Waals surface area contributed by atoms with Crippen molar-refractivity contribution in [2.45, 2.75) is 27.8 Å². The number of amides is 2. The molecule has 7 nitrogen and oxygen atoms in total. The van der Waals surface area contributed by atoms with Gasteiger partial charge >= 0.3 is 0 Å². The van der Waals surface area contributed by atoms with E-state index in [0.717, 1.165) is 16.7 Å². The number of aromatic nitrogens is 1. The summed E-state index contributed by atoms with van der Waals surface area (Å²) in [6, 6.07) is 6.13. The van der Waals surface area contributed by atoms with Crippen LogP contribution in [0.1, 0.15) is 0 Å². The molecule has 37 heavy (non-hydrogen) atoms. The molecule has 2 atom stereocenters. The zero-order valence-corrected chi connectivity index (χ0v) is 23.8. The Morgan fingerprint density at radius 3 is 2.57 bits per heavy atom. The molecule has 3 heterocycles. The summed E-state index contributed by atoms with van der Waals surface area (Å²) in [7, 11) is 0. The highest BCUT2D eigenvalue weighted by Crippen LogP contribution is 2.41. The van der Waals surface area contributed by atoms with Crippen molar-refractivity contribution in [3.8, 4) is 0 Å². The summed E-state index contributed by atoms with van der Waals surface area (Å²) in [5.41, 5.74) is 0.498. The van der Waals surface area contributed by atoms with E-state index in [9.17, 15) is 19.5 Å². The van der Waals surface area contributed by atoms with Crippen LogP contribution in [0, 0.1) is 0 Å². The molecule has 0 saturated carbocycles. The summed E-state index contributed by atoms with van der Waals surface area (Å²) in [5, 5.41) is 15.2. The van der Waals surface area contributed by atoms with Crippen molar-refractivity contribution in [1.82, 2.24) is 10.2 Å². The topological polar surface area (TPSA) is 93.4 Å². The van der Waals surface area contributed by atoms with Gasteiger partial charge in [-0.25, -0.2) is 4.57 Å².